The van der Waals surface area contributed by atoms with E-state index in [0.717, 1.165) is 21.6 Å². The van der Waals surface area contributed by atoms with Crippen LogP contribution in [0, 0.1) is 9.62 Å². The van der Waals surface area contributed by atoms with Crippen LogP contribution in [0.5, 0.6) is 0 Å². The van der Waals surface area contributed by atoms with E-state index in [-0.39, 0.29) is 0 Å². The van der Waals surface area contributed by atoms with Crippen molar-refractivity contribution in [3.63, 3.8) is 0 Å². The van der Waals surface area contributed by atoms with Gasteiger partial charge in [-0.15, -0.1) is 0 Å². The summed E-state index contributed by atoms with van der Waals surface area (Å²) in [6.07, 6.45) is 1.78. The van der Waals surface area contributed by atoms with Gasteiger partial charge in [0.2, 0.25) is 0 Å². The molecule has 0 radical (unpaired) electrons. The van der Waals surface area contributed by atoms with Gasteiger partial charge in [0.05, 0.1) is 11.9 Å². The van der Waals surface area contributed by atoms with Crippen LogP contribution < -0.4 is 5.32 Å². The number of anilines is 1. The Hall–Kier alpha value is -0.560. The van der Waals surface area contributed by atoms with Crippen molar-refractivity contribution in [3.05, 3.63) is 21.1 Å². The highest BCUT2D eigenvalue weighted by Gasteiger charge is 2.09. The summed E-state index contributed by atoms with van der Waals surface area (Å²) in [7, 11) is 0. The Balaban J connectivity index is 2.43. The lowest BCUT2D eigenvalue weighted by atomic mass is 10.2. The number of halogens is 2. The standard InChI is InChI=1S/C10H12ClIN4/c1-6(2)4-13-7-3-8(11)15-16-9(12)5-14-10(7)16/h3,5-6,13H,4H2,1-2H3. The van der Waals surface area contributed by atoms with Crippen LogP contribution in [0.4, 0.5) is 5.69 Å². The zero-order chi connectivity index (χ0) is 11.7. The van der Waals surface area contributed by atoms with Crippen LogP contribution >= 0.6 is 34.2 Å². The molecule has 0 atom stereocenters. The number of hydrogen-bond donors (Lipinski definition) is 1. The maximum absolute atomic E-state index is 5.96. The van der Waals surface area contributed by atoms with E-state index in [9.17, 15) is 0 Å². The highest BCUT2D eigenvalue weighted by Crippen LogP contribution is 2.21. The number of rotatable bonds is 3. The molecule has 0 fully saturated rings. The normalized spacial score (nSPS) is 11.3. The van der Waals surface area contributed by atoms with E-state index in [1.165, 1.54) is 0 Å². The highest BCUT2D eigenvalue weighted by atomic mass is 127. The van der Waals surface area contributed by atoms with Crippen LogP contribution in [-0.2, 0) is 0 Å². The van der Waals surface area contributed by atoms with E-state index >= 15 is 0 Å². The molecule has 0 aliphatic rings. The van der Waals surface area contributed by atoms with Gasteiger partial charge in [0, 0.05) is 12.6 Å². The van der Waals surface area contributed by atoms with Crippen molar-refractivity contribution in [3.8, 4) is 0 Å². The molecule has 2 rings (SSSR count). The zero-order valence-electron chi connectivity index (χ0n) is 9.04. The molecule has 0 aliphatic carbocycles. The van der Waals surface area contributed by atoms with Crippen LogP contribution in [0.25, 0.3) is 5.65 Å². The van der Waals surface area contributed by atoms with Gasteiger partial charge in [-0.2, -0.15) is 5.10 Å². The molecule has 4 nitrogen and oxygen atoms in total. The minimum Gasteiger partial charge on any atom is -0.382 e. The molecule has 0 saturated heterocycles. The van der Waals surface area contributed by atoms with E-state index in [2.05, 4.69) is 51.8 Å². The summed E-state index contributed by atoms with van der Waals surface area (Å²) < 4.78 is 2.69. The number of nitrogens with one attached hydrogen (secondary N) is 1. The fourth-order valence-electron chi connectivity index (χ4n) is 1.36. The molecular weight excluding hydrogens is 338 g/mol. The molecule has 0 spiro atoms. The lowest BCUT2D eigenvalue weighted by Crippen LogP contribution is -2.10. The van der Waals surface area contributed by atoms with Crippen LogP contribution in [-0.4, -0.2) is 21.1 Å². The van der Waals surface area contributed by atoms with Crippen molar-refractivity contribution in [1.82, 2.24) is 14.6 Å². The number of hydrogen-bond acceptors (Lipinski definition) is 3. The maximum atomic E-state index is 5.96. The molecule has 2 aromatic rings. The minimum absolute atomic E-state index is 0.467. The first kappa shape index (κ1) is 11.9. The average molecular weight is 351 g/mol. The second-order valence-corrected chi connectivity index (χ2v) is 5.46. The first-order valence-corrected chi connectivity index (χ1v) is 6.47. The second kappa shape index (κ2) is 4.75. The highest BCUT2D eigenvalue weighted by molar-refractivity contribution is 14.1. The molecule has 0 unspecified atom stereocenters. The third kappa shape index (κ3) is 2.40. The van der Waals surface area contributed by atoms with Crippen LogP contribution in [0.3, 0.4) is 0 Å². The van der Waals surface area contributed by atoms with Gasteiger partial charge in [-0.05, 0) is 28.5 Å². The van der Waals surface area contributed by atoms with E-state index < -0.39 is 0 Å². The molecule has 2 heterocycles. The molecule has 0 aliphatic heterocycles. The second-order valence-electron chi connectivity index (χ2n) is 3.97. The van der Waals surface area contributed by atoms with E-state index in [1.54, 1.807) is 10.7 Å². The quantitative estimate of drug-likeness (QED) is 0.865. The van der Waals surface area contributed by atoms with Gasteiger partial charge in [0.25, 0.3) is 0 Å². The molecule has 0 saturated carbocycles. The van der Waals surface area contributed by atoms with Gasteiger partial charge >= 0.3 is 0 Å². The van der Waals surface area contributed by atoms with E-state index in [0.29, 0.717) is 11.1 Å². The summed E-state index contributed by atoms with van der Waals surface area (Å²) >= 11 is 8.14. The number of nitrogens with zero attached hydrogens (tertiary/aromatic N) is 3. The third-order valence-electron chi connectivity index (χ3n) is 2.10. The summed E-state index contributed by atoms with van der Waals surface area (Å²) in [5.41, 5.74) is 1.74. The maximum Gasteiger partial charge on any atom is 0.178 e. The number of fused-ring (bicyclic) bond motifs is 1. The largest absolute Gasteiger partial charge is 0.382 e. The molecule has 0 amide bonds. The summed E-state index contributed by atoms with van der Waals surface area (Å²) in [5.74, 6) is 0.570. The smallest absolute Gasteiger partial charge is 0.178 e. The molecule has 6 heteroatoms. The Morgan fingerprint density at radius 3 is 3.00 bits per heavy atom. The third-order valence-corrected chi connectivity index (χ3v) is 3.02. The molecule has 16 heavy (non-hydrogen) atoms. The van der Waals surface area contributed by atoms with Crippen molar-refractivity contribution in [2.45, 2.75) is 13.8 Å². The van der Waals surface area contributed by atoms with E-state index in [1.807, 2.05) is 6.07 Å². The molecule has 0 aromatic carbocycles. The summed E-state index contributed by atoms with van der Waals surface area (Å²) in [5, 5.41) is 7.99. The molecule has 1 N–H and O–H groups in total. The Labute approximate surface area is 113 Å². The SMILES string of the molecule is CC(C)CNc1cc(Cl)nn2c(I)cnc12. The number of aromatic nitrogens is 3. The summed E-state index contributed by atoms with van der Waals surface area (Å²) in [6, 6.07) is 1.81. The minimum atomic E-state index is 0.467. The predicted octanol–water partition coefficient (Wildman–Crippen LogP) is 3.06. The Bertz CT molecular complexity index is 509. The van der Waals surface area contributed by atoms with Crippen molar-refractivity contribution in [1.29, 1.82) is 0 Å². The van der Waals surface area contributed by atoms with Crippen molar-refractivity contribution in [2.24, 2.45) is 5.92 Å². The van der Waals surface area contributed by atoms with Gasteiger partial charge in [-0.3, -0.25) is 0 Å². The van der Waals surface area contributed by atoms with Gasteiger partial charge in [-0.25, -0.2) is 9.50 Å². The fourth-order valence-corrected chi connectivity index (χ4v) is 2.02. The van der Waals surface area contributed by atoms with E-state index in [4.69, 9.17) is 11.6 Å². The topological polar surface area (TPSA) is 42.2 Å². The van der Waals surface area contributed by atoms with Gasteiger partial charge < -0.3 is 5.32 Å². The van der Waals surface area contributed by atoms with Gasteiger partial charge in [0.1, 0.15) is 3.70 Å². The summed E-state index contributed by atoms with van der Waals surface area (Å²) in [6.45, 7) is 5.20. The Kier molecular flexibility index (Phi) is 3.53. The number of imidazole rings is 1. The molecular formula is C10H12ClIN4. The molecule has 0 bridgehead atoms. The van der Waals surface area contributed by atoms with Gasteiger partial charge in [-0.1, -0.05) is 25.4 Å². The van der Waals surface area contributed by atoms with Crippen LogP contribution in [0.1, 0.15) is 13.8 Å². The van der Waals surface area contributed by atoms with Crippen LogP contribution in [0.15, 0.2) is 12.3 Å². The zero-order valence-corrected chi connectivity index (χ0v) is 12.0. The van der Waals surface area contributed by atoms with Gasteiger partial charge in [0.15, 0.2) is 10.8 Å². The average Bonchev–Trinajstić information content (AvgIpc) is 2.57. The Morgan fingerprint density at radius 2 is 2.31 bits per heavy atom. The first-order valence-electron chi connectivity index (χ1n) is 5.01. The first-order chi connectivity index (χ1) is 7.58. The van der Waals surface area contributed by atoms with Crippen molar-refractivity contribution in [2.75, 3.05) is 11.9 Å². The fraction of sp³-hybridized carbons (Fsp3) is 0.400. The Morgan fingerprint density at radius 1 is 1.56 bits per heavy atom. The van der Waals surface area contributed by atoms with Crippen LogP contribution in [0.2, 0.25) is 5.15 Å². The van der Waals surface area contributed by atoms with Crippen molar-refractivity contribution >= 4 is 45.5 Å². The summed E-state index contributed by atoms with van der Waals surface area (Å²) in [4.78, 5) is 4.31. The predicted molar refractivity (Wildman–Crippen MR) is 74.0 cm³/mol. The monoisotopic (exact) mass is 350 g/mol. The molecule has 2 aromatic heterocycles. The molecule has 86 valence electrons. The lowest BCUT2D eigenvalue weighted by Gasteiger charge is -2.10. The van der Waals surface area contributed by atoms with Crippen molar-refractivity contribution < 1.29 is 0 Å². The lowest BCUT2D eigenvalue weighted by molar-refractivity contribution is 0.688.